The van der Waals surface area contributed by atoms with Crippen LogP contribution < -0.4 is 10.6 Å². The lowest BCUT2D eigenvalue weighted by Gasteiger charge is -2.14. The zero-order valence-corrected chi connectivity index (χ0v) is 21.8. The Kier molecular flexibility index (Phi) is 9.51. The number of anilines is 3. The summed E-state index contributed by atoms with van der Waals surface area (Å²) in [5.74, 6) is -1.80. The van der Waals surface area contributed by atoms with E-state index in [1.807, 2.05) is 13.8 Å². The van der Waals surface area contributed by atoms with Crippen molar-refractivity contribution in [1.29, 1.82) is 0 Å². The molecule has 1 heterocycles. The molecule has 0 fully saturated rings. The minimum absolute atomic E-state index is 0.0280. The summed E-state index contributed by atoms with van der Waals surface area (Å²) >= 11 is 1.17. The molecule has 1 amide bonds. The van der Waals surface area contributed by atoms with E-state index in [-0.39, 0.29) is 35.0 Å². The molecule has 38 heavy (non-hydrogen) atoms. The summed E-state index contributed by atoms with van der Waals surface area (Å²) < 4.78 is 49.4. The number of carbonyl (C=O) groups excluding carboxylic acids is 3. The highest BCUT2D eigenvalue weighted by atomic mass is 32.1. The second kappa shape index (κ2) is 12.6. The van der Waals surface area contributed by atoms with Crippen molar-refractivity contribution in [1.82, 2.24) is 0 Å². The van der Waals surface area contributed by atoms with Gasteiger partial charge < -0.3 is 20.1 Å². The maximum atomic E-state index is 13.0. The lowest BCUT2D eigenvalue weighted by atomic mass is 10.0. The Bertz CT molecular complexity index is 1300. The summed E-state index contributed by atoms with van der Waals surface area (Å²) in [6, 6.07) is 10.6. The highest BCUT2D eigenvalue weighted by Crippen LogP contribution is 2.33. The number of nitrogens with one attached hydrogen (secondary N) is 2. The smallest absolute Gasteiger partial charge is 0.416 e. The SMILES string of the molecule is CCOC(=O)c1c(CC(C)C)csc1NC(=O)COC(=O)c1ccccc1Nc1cccc(C(F)(F)F)c1. The van der Waals surface area contributed by atoms with Gasteiger partial charge >= 0.3 is 18.1 Å². The quantitative estimate of drug-likeness (QED) is 0.275. The molecule has 0 aliphatic heterocycles. The molecule has 0 atom stereocenters. The summed E-state index contributed by atoms with van der Waals surface area (Å²) in [5.41, 5.74) is 0.552. The van der Waals surface area contributed by atoms with E-state index in [9.17, 15) is 27.6 Å². The molecule has 0 saturated carbocycles. The number of benzene rings is 2. The van der Waals surface area contributed by atoms with Crippen LogP contribution in [0.4, 0.5) is 29.5 Å². The Morgan fingerprint density at radius 1 is 1.00 bits per heavy atom. The fourth-order valence-corrected chi connectivity index (χ4v) is 4.55. The van der Waals surface area contributed by atoms with E-state index in [4.69, 9.17) is 9.47 Å². The average molecular weight is 549 g/mol. The zero-order valence-electron chi connectivity index (χ0n) is 21.0. The van der Waals surface area contributed by atoms with Gasteiger partial charge in [-0.3, -0.25) is 4.79 Å². The van der Waals surface area contributed by atoms with Gasteiger partial charge in [-0.2, -0.15) is 13.2 Å². The number of amides is 1. The molecule has 1 aromatic heterocycles. The fraction of sp³-hybridized carbons (Fsp3) is 0.296. The number of hydrogen-bond acceptors (Lipinski definition) is 7. The van der Waals surface area contributed by atoms with Gasteiger partial charge in [0.15, 0.2) is 6.61 Å². The van der Waals surface area contributed by atoms with Crippen molar-refractivity contribution in [2.75, 3.05) is 23.8 Å². The molecule has 3 rings (SSSR count). The van der Waals surface area contributed by atoms with E-state index in [2.05, 4.69) is 10.6 Å². The van der Waals surface area contributed by atoms with Crippen molar-refractivity contribution >= 4 is 45.6 Å². The van der Waals surface area contributed by atoms with Crippen molar-refractivity contribution in [3.8, 4) is 0 Å². The maximum absolute atomic E-state index is 13.0. The number of alkyl halides is 3. The van der Waals surface area contributed by atoms with Gasteiger partial charge in [0, 0.05) is 5.69 Å². The maximum Gasteiger partial charge on any atom is 0.416 e. The van der Waals surface area contributed by atoms with Crippen LogP contribution in [-0.2, 0) is 26.9 Å². The molecule has 0 spiro atoms. The third-order valence-electron chi connectivity index (χ3n) is 5.18. The van der Waals surface area contributed by atoms with E-state index in [0.29, 0.717) is 11.4 Å². The summed E-state index contributed by atoms with van der Waals surface area (Å²) in [5, 5.41) is 7.48. The summed E-state index contributed by atoms with van der Waals surface area (Å²) in [7, 11) is 0. The first kappa shape index (κ1) is 28.7. The number of esters is 2. The normalized spacial score (nSPS) is 11.2. The summed E-state index contributed by atoms with van der Waals surface area (Å²) in [4.78, 5) is 37.8. The lowest BCUT2D eigenvalue weighted by molar-refractivity contribution is -0.137. The molecule has 0 unspecified atom stereocenters. The second-order valence-electron chi connectivity index (χ2n) is 8.66. The van der Waals surface area contributed by atoms with Crippen molar-refractivity contribution in [3.05, 3.63) is 76.2 Å². The standard InChI is InChI=1S/C27H27F3N2O5S/c1-4-36-26(35)23-17(12-16(2)3)15-38-24(23)32-22(33)14-37-25(34)20-10-5-6-11-21(20)31-19-9-7-8-18(13-19)27(28,29)30/h5-11,13,15-16,31H,4,12,14H2,1-3H3,(H,32,33). The number of thiophene rings is 1. The monoisotopic (exact) mass is 548 g/mol. The molecule has 0 aliphatic carbocycles. The first-order valence-corrected chi connectivity index (χ1v) is 12.6. The Morgan fingerprint density at radius 2 is 1.74 bits per heavy atom. The molecule has 7 nitrogen and oxygen atoms in total. The number of para-hydroxylation sites is 1. The van der Waals surface area contributed by atoms with Crippen LogP contribution in [0.5, 0.6) is 0 Å². The number of carbonyl (C=O) groups is 3. The number of rotatable bonds is 10. The van der Waals surface area contributed by atoms with Crippen LogP contribution in [-0.4, -0.2) is 31.1 Å². The third kappa shape index (κ3) is 7.58. The van der Waals surface area contributed by atoms with E-state index in [1.54, 1.807) is 24.4 Å². The van der Waals surface area contributed by atoms with Crippen LogP contribution in [0.3, 0.4) is 0 Å². The van der Waals surface area contributed by atoms with Crippen LogP contribution in [0.25, 0.3) is 0 Å². The highest BCUT2D eigenvalue weighted by Gasteiger charge is 2.30. The van der Waals surface area contributed by atoms with Gasteiger partial charge in [0.25, 0.3) is 5.91 Å². The van der Waals surface area contributed by atoms with Crippen molar-refractivity contribution in [2.24, 2.45) is 5.92 Å². The molecule has 0 radical (unpaired) electrons. The molecule has 0 bridgehead atoms. The Hall–Kier alpha value is -3.86. The van der Waals surface area contributed by atoms with Crippen LogP contribution in [0.15, 0.2) is 53.9 Å². The predicted molar refractivity (Wildman–Crippen MR) is 139 cm³/mol. The number of ether oxygens (including phenoxy) is 2. The number of halogens is 3. The van der Waals surface area contributed by atoms with Crippen molar-refractivity contribution < 1.29 is 37.0 Å². The predicted octanol–water partition coefficient (Wildman–Crippen LogP) is 6.68. The topological polar surface area (TPSA) is 93.7 Å². The van der Waals surface area contributed by atoms with Crippen LogP contribution >= 0.6 is 11.3 Å². The van der Waals surface area contributed by atoms with E-state index >= 15 is 0 Å². The van der Waals surface area contributed by atoms with E-state index in [0.717, 1.165) is 17.7 Å². The first-order chi connectivity index (χ1) is 18.0. The van der Waals surface area contributed by atoms with Crippen molar-refractivity contribution in [3.63, 3.8) is 0 Å². The summed E-state index contributed by atoms with van der Waals surface area (Å²) in [6.45, 7) is 5.23. The Labute approximate surface area is 222 Å². The molecule has 3 aromatic rings. The molecule has 202 valence electrons. The minimum atomic E-state index is -4.52. The van der Waals surface area contributed by atoms with E-state index in [1.165, 1.54) is 35.6 Å². The average Bonchev–Trinajstić information content (AvgIpc) is 3.23. The van der Waals surface area contributed by atoms with Crippen LogP contribution in [0.1, 0.15) is 52.6 Å². The van der Waals surface area contributed by atoms with Crippen LogP contribution in [0.2, 0.25) is 0 Å². The van der Waals surface area contributed by atoms with Gasteiger partial charge in [-0.15, -0.1) is 11.3 Å². The molecular weight excluding hydrogens is 521 g/mol. The summed E-state index contributed by atoms with van der Waals surface area (Å²) in [6.07, 6.45) is -3.90. The molecule has 2 aromatic carbocycles. The van der Waals surface area contributed by atoms with E-state index < -0.39 is 36.2 Å². The molecule has 2 N–H and O–H groups in total. The lowest BCUT2D eigenvalue weighted by Crippen LogP contribution is -2.22. The largest absolute Gasteiger partial charge is 0.462 e. The van der Waals surface area contributed by atoms with Gasteiger partial charge in [0.2, 0.25) is 0 Å². The zero-order chi connectivity index (χ0) is 27.9. The van der Waals surface area contributed by atoms with Gasteiger partial charge in [0.1, 0.15) is 5.00 Å². The van der Waals surface area contributed by atoms with Crippen molar-refractivity contribution in [2.45, 2.75) is 33.4 Å². The minimum Gasteiger partial charge on any atom is -0.462 e. The first-order valence-electron chi connectivity index (χ1n) is 11.8. The Morgan fingerprint density at radius 3 is 2.42 bits per heavy atom. The molecular formula is C27H27F3N2O5S. The second-order valence-corrected chi connectivity index (χ2v) is 9.54. The molecule has 0 saturated heterocycles. The molecule has 0 aliphatic rings. The molecule has 11 heteroatoms. The van der Waals surface area contributed by atoms with Gasteiger partial charge in [-0.25, -0.2) is 9.59 Å². The highest BCUT2D eigenvalue weighted by molar-refractivity contribution is 7.15. The van der Waals surface area contributed by atoms with Gasteiger partial charge in [0.05, 0.1) is 29.0 Å². The third-order valence-corrected chi connectivity index (χ3v) is 6.12. The number of hydrogen-bond donors (Lipinski definition) is 2. The Balaban J connectivity index is 1.69. The van der Waals surface area contributed by atoms with Gasteiger partial charge in [-0.1, -0.05) is 32.0 Å². The van der Waals surface area contributed by atoms with Crippen LogP contribution in [0, 0.1) is 5.92 Å². The fourth-order valence-electron chi connectivity index (χ4n) is 3.57. The van der Waals surface area contributed by atoms with Gasteiger partial charge in [-0.05, 0) is 60.5 Å².